The molecule has 1 aliphatic carbocycles. The Hall–Kier alpha value is -1.83. The van der Waals surface area contributed by atoms with Crippen molar-refractivity contribution < 1.29 is 23.1 Å². The third-order valence-electron chi connectivity index (χ3n) is 4.55. The smallest absolute Gasteiger partial charge is 0.372 e. The first kappa shape index (κ1) is 15.1. The number of aromatic nitrogens is 1. The van der Waals surface area contributed by atoms with E-state index in [0.717, 1.165) is 42.5 Å². The van der Waals surface area contributed by atoms with Crippen LogP contribution in [-0.2, 0) is 6.18 Å². The van der Waals surface area contributed by atoms with Gasteiger partial charge >= 0.3 is 12.2 Å². The number of hydrogen-bond acceptors (Lipinski definition) is 3. The monoisotopic (exact) mass is 315 g/mol. The van der Waals surface area contributed by atoms with E-state index in [2.05, 4.69) is 4.98 Å². The third-order valence-corrected chi connectivity index (χ3v) is 4.55. The molecule has 120 valence electrons. The summed E-state index contributed by atoms with van der Waals surface area (Å²) < 4.78 is 38.5. The van der Waals surface area contributed by atoms with E-state index in [1.807, 2.05) is 0 Å². The molecule has 5 nitrogen and oxygen atoms in total. The number of nitrogens with zero attached hydrogens (tertiary/aromatic N) is 3. The normalized spacial score (nSPS) is 24.6. The molecular weight excluding hydrogens is 299 g/mol. The number of carbonyl (C=O) groups excluding carboxylic acids is 1. The fourth-order valence-electron chi connectivity index (χ4n) is 3.18. The molecule has 0 radical (unpaired) electrons. The predicted octanol–water partition coefficient (Wildman–Crippen LogP) is 2.46. The van der Waals surface area contributed by atoms with Crippen LogP contribution in [0.5, 0.6) is 0 Å². The van der Waals surface area contributed by atoms with Gasteiger partial charge in [0.25, 0.3) is 0 Å². The second-order valence-corrected chi connectivity index (χ2v) is 6.00. The number of amides is 2. The van der Waals surface area contributed by atoms with Crippen LogP contribution in [0, 0.1) is 5.41 Å². The number of alkyl halides is 3. The van der Waals surface area contributed by atoms with Gasteiger partial charge in [0, 0.05) is 25.2 Å². The Morgan fingerprint density at radius 3 is 2.64 bits per heavy atom. The number of rotatable bonds is 1. The van der Waals surface area contributed by atoms with Crippen LogP contribution >= 0.6 is 0 Å². The van der Waals surface area contributed by atoms with Gasteiger partial charge in [0.2, 0.25) is 0 Å². The quantitative estimate of drug-likeness (QED) is 0.866. The second-order valence-electron chi connectivity index (χ2n) is 6.00. The highest BCUT2D eigenvalue weighted by atomic mass is 19.4. The Morgan fingerprint density at radius 1 is 1.41 bits per heavy atom. The van der Waals surface area contributed by atoms with Gasteiger partial charge in [0.1, 0.15) is 12.0 Å². The topological polar surface area (TPSA) is 56.7 Å². The minimum Gasteiger partial charge on any atom is -0.372 e. The zero-order valence-electron chi connectivity index (χ0n) is 12.0. The molecule has 22 heavy (non-hydrogen) atoms. The number of hydrogen-bond donors (Lipinski definition) is 1. The molecule has 0 bridgehead atoms. The van der Waals surface area contributed by atoms with Crippen molar-refractivity contribution in [3.8, 4) is 0 Å². The predicted molar refractivity (Wildman–Crippen MR) is 72.0 cm³/mol. The number of carbonyl (C=O) groups is 1. The third kappa shape index (κ3) is 2.22. The van der Waals surface area contributed by atoms with Crippen molar-refractivity contribution in [2.24, 2.45) is 5.41 Å². The molecule has 1 unspecified atom stereocenters. The van der Waals surface area contributed by atoms with Gasteiger partial charge in [-0.15, -0.1) is 0 Å². The molecule has 2 fully saturated rings. The second kappa shape index (κ2) is 4.84. The van der Waals surface area contributed by atoms with Crippen LogP contribution in [-0.4, -0.2) is 40.8 Å². The summed E-state index contributed by atoms with van der Waals surface area (Å²) in [6.07, 6.45) is -2.27. The van der Waals surface area contributed by atoms with E-state index >= 15 is 0 Å². The Labute approximate surface area is 125 Å². The number of halogens is 3. The van der Waals surface area contributed by atoms with Gasteiger partial charge in [-0.05, 0) is 25.0 Å². The molecule has 2 amide bonds. The number of urea groups is 1. The summed E-state index contributed by atoms with van der Waals surface area (Å²) in [7, 11) is 1.58. The molecule has 1 N–H and O–H groups in total. The molecule has 1 aromatic heterocycles. The molecule has 1 aromatic rings. The van der Waals surface area contributed by atoms with Gasteiger partial charge in [0.15, 0.2) is 0 Å². The molecule has 1 saturated heterocycles. The lowest BCUT2D eigenvalue weighted by atomic mass is 9.66. The summed E-state index contributed by atoms with van der Waals surface area (Å²) in [5.41, 5.74) is -1.37. The molecule has 1 saturated carbocycles. The average molecular weight is 315 g/mol. The van der Waals surface area contributed by atoms with Crippen molar-refractivity contribution in [3.05, 3.63) is 23.9 Å². The van der Waals surface area contributed by atoms with Gasteiger partial charge in [-0.1, -0.05) is 6.42 Å². The van der Waals surface area contributed by atoms with Crippen molar-refractivity contribution in [1.82, 2.24) is 9.88 Å². The van der Waals surface area contributed by atoms with Crippen LogP contribution in [0.1, 0.15) is 24.8 Å². The fourth-order valence-corrected chi connectivity index (χ4v) is 3.18. The molecule has 8 heteroatoms. The van der Waals surface area contributed by atoms with Crippen LogP contribution in [0.3, 0.4) is 0 Å². The summed E-state index contributed by atoms with van der Waals surface area (Å²) >= 11 is 0. The SMILES string of the molecule is CN1CC2(CCC2)C(O)N(c2cc(C(F)(F)F)ccn2)C1=O. The highest BCUT2D eigenvalue weighted by Crippen LogP contribution is 2.48. The molecule has 1 spiro atoms. The maximum Gasteiger partial charge on any atom is 0.416 e. The summed E-state index contributed by atoms with van der Waals surface area (Å²) in [5.74, 6) is -0.176. The van der Waals surface area contributed by atoms with Gasteiger partial charge in [-0.2, -0.15) is 13.2 Å². The van der Waals surface area contributed by atoms with E-state index in [1.54, 1.807) is 7.05 Å². The van der Waals surface area contributed by atoms with E-state index < -0.39 is 29.4 Å². The summed E-state index contributed by atoms with van der Waals surface area (Å²) in [6.45, 7) is 0.405. The number of aliphatic hydroxyl groups is 1. The van der Waals surface area contributed by atoms with Crippen molar-refractivity contribution in [3.63, 3.8) is 0 Å². The van der Waals surface area contributed by atoms with E-state index in [1.165, 1.54) is 4.90 Å². The van der Waals surface area contributed by atoms with Gasteiger partial charge in [0.05, 0.1) is 5.56 Å². The highest BCUT2D eigenvalue weighted by molar-refractivity contribution is 5.92. The molecule has 2 aliphatic rings. The Bertz CT molecular complexity index is 601. The Balaban J connectivity index is 2.00. The maximum atomic E-state index is 12.8. The fraction of sp³-hybridized carbons (Fsp3) is 0.571. The van der Waals surface area contributed by atoms with Crippen molar-refractivity contribution >= 4 is 11.8 Å². The van der Waals surface area contributed by atoms with Crippen LogP contribution in [0.25, 0.3) is 0 Å². The summed E-state index contributed by atoms with van der Waals surface area (Å²) in [6, 6.07) is 1.09. The average Bonchev–Trinajstić information content (AvgIpc) is 2.41. The number of aliphatic hydroxyl groups excluding tert-OH is 1. The number of pyridine rings is 1. The molecule has 1 aliphatic heterocycles. The minimum absolute atomic E-state index is 0.176. The van der Waals surface area contributed by atoms with Crippen LogP contribution in [0.2, 0.25) is 0 Å². The zero-order chi connectivity index (χ0) is 16.1. The summed E-state index contributed by atoms with van der Waals surface area (Å²) in [4.78, 5) is 18.5. The van der Waals surface area contributed by atoms with E-state index in [4.69, 9.17) is 0 Å². The van der Waals surface area contributed by atoms with Crippen molar-refractivity contribution in [1.29, 1.82) is 0 Å². The maximum absolute atomic E-state index is 12.8. The number of anilines is 1. The van der Waals surface area contributed by atoms with E-state index in [9.17, 15) is 23.1 Å². The van der Waals surface area contributed by atoms with Gasteiger partial charge < -0.3 is 10.0 Å². The summed E-state index contributed by atoms with van der Waals surface area (Å²) in [5, 5.41) is 10.5. The first-order valence-corrected chi connectivity index (χ1v) is 7.00. The largest absolute Gasteiger partial charge is 0.416 e. The lowest BCUT2D eigenvalue weighted by Crippen LogP contribution is -2.66. The molecule has 3 rings (SSSR count). The van der Waals surface area contributed by atoms with Gasteiger partial charge in [-0.3, -0.25) is 4.90 Å². The molecular formula is C14H16F3N3O2. The Morgan fingerprint density at radius 2 is 2.09 bits per heavy atom. The molecule has 0 aromatic carbocycles. The standard InChI is InChI=1S/C14H16F3N3O2/c1-19-8-13(4-2-5-13)11(21)20(12(19)22)10-7-9(3-6-18-10)14(15,16)17/h3,6-7,11,21H,2,4-5,8H2,1H3. The minimum atomic E-state index is -4.53. The Kier molecular flexibility index (Phi) is 3.32. The lowest BCUT2D eigenvalue weighted by Gasteiger charge is -2.54. The molecule has 2 heterocycles. The zero-order valence-corrected chi connectivity index (χ0v) is 12.0. The van der Waals surface area contributed by atoms with Crippen LogP contribution < -0.4 is 4.90 Å². The van der Waals surface area contributed by atoms with E-state index in [-0.39, 0.29) is 5.82 Å². The van der Waals surface area contributed by atoms with Gasteiger partial charge in [-0.25, -0.2) is 9.78 Å². The van der Waals surface area contributed by atoms with Crippen LogP contribution in [0.15, 0.2) is 18.3 Å². The first-order chi connectivity index (χ1) is 10.2. The van der Waals surface area contributed by atoms with Crippen molar-refractivity contribution in [2.45, 2.75) is 31.7 Å². The highest BCUT2D eigenvalue weighted by Gasteiger charge is 2.53. The van der Waals surface area contributed by atoms with Crippen LogP contribution in [0.4, 0.5) is 23.8 Å². The lowest BCUT2D eigenvalue weighted by molar-refractivity contribution is -0.137. The molecule has 1 atom stereocenters. The first-order valence-electron chi connectivity index (χ1n) is 7.00. The van der Waals surface area contributed by atoms with Crippen molar-refractivity contribution in [2.75, 3.05) is 18.5 Å². The van der Waals surface area contributed by atoms with E-state index in [0.29, 0.717) is 6.54 Å².